The molecular weight excluding hydrogens is 376 g/mol. The van der Waals surface area contributed by atoms with Crippen LogP contribution in [-0.2, 0) is 4.79 Å². The highest BCUT2D eigenvalue weighted by atomic mass is 79.9. The van der Waals surface area contributed by atoms with Crippen LogP contribution in [0, 0.1) is 0 Å². The molecule has 1 fully saturated rings. The Morgan fingerprint density at radius 1 is 1.52 bits per heavy atom. The van der Waals surface area contributed by atoms with Gasteiger partial charge in [0.25, 0.3) is 5.91 Å². The minimum Gasteiger partial charge on any atom is -0.495 e. The van der Waals surface area contributed by atoms with E-state index >= 15 is 0 Å². The molecule has 0 atom stereocenters. The molecule has 0 aliphatic carbocycles. The van der Waals surface area contributed by atoms with E-state index in [-0.39, 0.29) is 5.91 Å². The smallest absolute Gasteiger partial charge is 0.276 e. The Balaban J connectivity index is 2.41. The second-order valence-electron chi connectivity index (χ2n) is 4.46. The number of carbonyl (C=O) groups is 1. The van der Waals surface area contributed by atoms with E-state index < -0.39 is 0 Å². The van der Waals surface area contributed by atoms with Gasteiger partial charge in [0.2, 0.25) is 0 Å². The van der Waals surface area contributed by atoms with Gasteiger partial charge >= 0.3 is 0 Å². The third-order valence-corrected chi connectivity index (χ3v) is 4.01. The number of carbonyl (C=O) groups excluding carboxylic acids is 1. The zero-order chi connectivity index (χ0) is 15.6. The molecule has 1 saturated heterocycles. The normalized spacial score (nSPS) is 16.6. The number of methoxy groups -OCH3 is 1. The van der Waals surface area contributed by atoms with Crippen LogP contribution < -0.4 is 10.1 Å². The molecule has 1 aromatic carbocycles. The fourth-order valence-electron chi connectivity index (χ4n) is 2.06. The maximum atomic E-state index is 12.3. The molecule has 1 heterocycles. The number of rotatable bonds is 4. The van der Waals surface area contributed by atoms with E-state index in [0.29, 0.717) is 33.7 Å². The molecule has 0 spiro atoms. The minimum absolute atomic E-state index is 0.139. The zero-order valence-corrected chi connectivity index (χ0v) is 14.7. The van der Waals surface area contributed by atoms with E-state index in [1.807, 2.05) is 13.0 Å². The summed E-state index contributed by atoms with van der Waals surface area (Å²) >= 11 is 14.7. The van der Waals surface area contributed by atoms with Gasteiger partial charge in [0, 0.05) is 16.6 Å². The summed E-state index contributed by atoms with van der Waals surface area (Å²) in [7, 11) is 1.54. The maximum Gasteiger partial charge on any atom is 0.276 e. The predicted molar refractivity (Wildman–Crippen MR) is 91.4 cm³/mol. The van der Waals surface area contributed by atoms with Gasteiger partial charge in [-0.3, -0.25) is 9.69 Å². The maximum absolute atomic E-state index is 12.3. The van der Waals surface area contributed by atoms with Crippen molar-refractivity contribution in [3.63, 3.8) is 0 Å². The molecule has 1 aromatic rings. The van der Waals surface area contributed by atoms with Crippen molar-refractivity contribution in [2.24, 2.45) is 0 Å². The van der Waals surface area contributed by atoms with Crippen LogP contribution in [0.25, 0.3) is 6.08 Å². The van der Waals surface area contributed by atoms with E-state index in [9.17, 15) is 4.79 Å². The Morgan fingerprint density at radius 3 is 2.86 bits per heavy atom. The molecule has 112 valence electrons. The largest absolute Gasteiger partial charge is 0.495 e. The fraction of sp³-hybridized carbons (Fsp3) is 0.286. The number of nitrogens with zero attached hydrogens (tertiary/aromatic N) is 1. The van der Waals surface area contributed by atoms with E-state index in [0.717, 1.165) is 10.9 Å². The number of hydrogen-bond acceptors (Lipinski definition) is 3. The van der Waals surface area contributed by atoms with Crippen molar-refractivity contribution < 1.29 is 9.53 Å². The molecular formula is C14H14BrClN2O2S. The Bertz CT molecular complexity index is 634. The van der Waals surface area contributed by atoms with Gasteiger partial charge in [0.05, 0.1) is 12.1 Å². The van der Waals surface area contributed by atoms with Crippen molar-refractivity contribution in [1.82, 2.24) is 10.2 Å². The standard InChI is InChI=1S/C14H14BrClN2O2S/c1-3-4-18-13(19)11(17-14(18)21)6-8-5-9(15)7-10(16)12(8)20-2/h5-7H,3-4H2,1-2H3,(H,17,21)/b11-6-. The van der Waals surface area contributed by atoms with Gasteiger partial charge < -0.3 is 10.1 Å². The Morgan fingerprint density at radius 2 is 2.24 bits per heavy atom. The summed E-state index contributed by atoms with van der Waals surface area (Å²) in [6.45, 7) is 2.59. The van der Waals surface area contributed by atoms with Crippen molar-refractivity contribution in [2.45, 2.75) is 13.3 Å². The first-order valence-corrected chi connectivity index (χ1v) is 7.93. The molecule has 1 N–H and O–H groups in total. The molecule has 4 nitrogen and oxygen atoms in total. The number of thiocarbonyl (C=S) groups is 1. The third-order valence-electron chi connectivity index (χ3n) is 2.95. The summed E-state index contributed by atoms with van der Waals surface area (Å²) < 4.78 is 6.10. The van der Waals surface area contributed by atoms with Crippen LogP contribution in [0.5, 0.6) is 5.75 Å². The molecule has 0 saturated carbocycles. The van der Waals surface area contributed by atoms with Gasteiger partial charge in [-0.05, 0) is 36.8 Å². The van der Waals surface area contributed by atoms with Crippen molar-refractivity contribution in [3.05, 3.63) is 32.9 Å². The van der Waals surface area contributed by atoms with Crippen molar-refractivity contribution >= 4 is 56.8 Å². The molecule has 21 heavy (non-hydrogen) atoms. The molecule has 1 aliphatic rings. The summed E-state index contributed by atoms with van der Waals surface area (Å²) in [4.78, 5) is 13.9. The highest BCUT2D eigenvalue weighted by Gasteiger charge is 2.30. The van der Waals surface area contributed by atoms with Gasteiger partial charge in [0.1, 0.15) is 11.4 Å². The highest BCUT2D eigenvalue weighted by Crippen LogP contribution is 2.34. The Hall–Kier alpha value is -1.11. The summed E-state index contributed by atoms with van der Waals surface area (Å²) in [5, 5.41) is 3.83. The van der Waals surface area contributed by atoms with Crippen LogP contribution in [-0.4, -0.2) is 29.6 Å². The first kappa shape index (κ1) is 16.3. The average Bonchev–Trinajstić information content (AvgIpc) is 2.66. The second-order valence-corrected chi connectivity index (χ2v) is 6.16. The van der Waals surface area contributed by atoms with Gasteiger partial charge in [-0.2, -0.15) is 0 Å². The molecule has 1 aliphatic heterocycles. The van der Waals surface area contributed by atoms with Crippen molar-refractivity contribution in [2.75, 3.05) is 13.7 Å². The lowest BCUT2D eigenvalue weighted by atomic mass is 10.1. The summed E-state index contributed by atoms with van der Waals surface area (Å²) in [6.07, 6.45) is 2.53. The molecule has 0 aromatic heterocycles. The predicted octanol–water partition coefficient (Wildman–Crippen LogP) is 3.58. The molecule has 0 unspecified atom stereocenters. The van der Waals surface area contributed by atoms with Gasteiger partial charge in [-0.25, -0.2) is 0 Å². The van der Waals surface area contributed by atoms with E-state index in [2.05, 4.69) is 21.2 Å². The lowest BCUT2D eigenvalue weighted by molar-refractivity contribution is -0.122. The lowest BCUT2D eigenvalue weighted by Gasteiger charge is -2.11. The minimum atomic E-state index is -0.139. The number of amides is 1. The molecule has 2 rings (SSSR count). The third kappa shape index (κ3) is 3.39. The van der Waals surface area contributed by atoms with E-state index in [4.69, 9.17) is 28.6 Å². The Kier molecular flexibility index (Phi) is 5.24. The number of benzene rings is 1. The number of ether oxygens (including phenoxy) is 1. The quantitative estimate of drug-likeness (QED) is 0.631. The van der Waals surface area contributed by atoms with Crippen LogP contribution in [0.1, 0.15) is 18.9 Å². The van der Waals surface area contributed by atoms with Crippen LogP contribution in [0.4, 0.5) is 0 Å². The van der Waals surface area contributed by atoms with Gasteiger partial charge in [-0.1, -0.05) is 34.5 Å². The second kappa shape index (κ2) is 6.77. The summed E-state index contributed by atoms with van der Waals surface area (Å²) in [6, 6.07) is 3.57. The first-order chi connectivity index (χ1) is 9.97. The molecule has 0 bridgehead atoms. The molecule has 0 radical (unpaired) electrons. The van der Waals surface area contributed by atoms with Crippen LogP contribution >= 0.6 is 39.7 Å². The van der Waals surface area contributed by atoms with Crippen LogP contribution in [0.3, 0.4) is 0 Å². The Labute approximate surface area is 142 Å². The monoisotopic (exact) mass is 388 g/mol. The fourth-order valence-corrected chi connectivity index (χ4v) is 3.25. The topological polar surface area (TPSA) is 41.6 Å². The zero-order valence-electron chi connectivity index (χ0n) is 11.6. The van der Waals surface area contributed by atoms with E-state index in [1.54, 1.807) is 17.0 Å². The average molecular weight is 390 g/mol. The van der Waals surface area contributed by atoms with Crippen LogP contribution in [0.2, 0.25) is 5.02 Å². The van der Waals surface area contributed by atoms with Crippen molar-refractivity contribution in [1.29, 1.82) is 0 Å². The highest BCUT2D eigenvalue weighted by molar-refractivity contribution is 9.10. The number of hydrogen-bond donors (Lipinski definition) is 1. The molecule has 7 heteroatoms. The molecule has 1 amide bonds. The van der Waals surface area contributed by atoms with E-state index in [1.165, 1.54) is 7.11 Å². The van der Waals surface area contributed by atoms with Gasteiger partial charge in [-0.15, -0.1) is 0 Å². The number of halogens is 2. The van der Waals surface area contributed by atoms with Gasteiger partial charge in [0.15, 0.2) is 5.11 Å². The lowest BCUT2D eigenvalue weighted by Crippen LogP contribution is -2.31. The summed E-state index contributed by atoms with van der Waals surface area (Å²) in [5.74, 6) is 0.377. The summed E-state index contributed by atoms with van der Waals surface area (Å²) in [5.41, 5.74) is 1.12. The SMILES string of the molecule is CCCN1C(=O)/C(=C/c2cc(Br)cc(Cl)c2OC)NC1=S. The first-order valence-electron chi connectivity index (χ1n) is 6.35. The van der Waals surface area contributed by atoms with Crippen LogP contribution in [0.15, 0.2) is 22.3 Å². The van der Waals surface area contributed by atoms with Crippen molar-refractivity contribution in [3.8, 4) is 5.75 Å². The number of nitrogens with one attached hydrogen (secondary N) is 1.